The predicted octanol–water partition coefficient (Wildman–Crippen LogP) is 4.52. The summed E-state index contributed by atoms with van der Waals surface area (Å²) in [5.74, 6) is 0.591. The van der Waals surface area contributed by atoms with Crippen molar-refractivity contribution >= 4 is 27.0 Å². The first-order valence-corrected chi connectivity index (χ1v) is 14.2. The van der Waals surface area contributed by atoms with E-state index in [-0.39, 0.29) is 30.1 Å². The minimum Gasteiger partial charge on any atom is -0.393 e. The standard InChI is InChI=1S/C26H34FN5O3S/c1-3-4-13-28-25-29-14-22-23(15-32(24(22)30-25)19-7-9-20(33)10-8-19)18-5-11-21(12-6-18)36(34,35)31-16-26(2,27)17-31/h5-6,11-12,14-15,19-20,33H,3-4,7-10,13,16-17H2,1-2H3,(H,28,29,30). The summed E-state index contributed by atoms with van der Waals surface area (Å²) in [6, 6.07) is 6.97. The van der Waals surface area contributed by atoms with Gasteiger partial charge in [0.25, 0.3) is 0 Å². The van der Waals surface area contributed by atoms with Crippen molar-refractivity contribution in [3.8, 4) is 11.1 Å². The minimum atomic E-state index is -3.72. The smallest absolute Gasteiger partial charge is 0.243 e. The molecule has 5 rings (SSSR count). The van der Waals surface area contributed by atoms with Crippen LogP contribution in [-0.2, 0) is 10.0 Å². The van der Waals surface area contributed by atoms with Crippen molar-refractivity contribution < 1.29 is 17.9 Å². The molecule has 1 saturated carbocycles. The highest BCUT2D eigenvalue weighted by molar-refractivity contribution is 7.89. The summed E-state index contributed by atoms with van der Waals surface area (Å²) in [6.07, 6.45) is 9.02. The number of fused-ring (bicyclic) bond motifs is 1. The summed E-state index contributed by atoms with van der Waals surface area (Å²) in [4.78, 5) is 9.53. The van der Waals surface area contributed by atoms with Gasteiger partial charge >= 0.3 is 0 Å². The minimum absolute atomic E-state index is 0.118. The molecular weight excluding hydrogens is 481 g/mol. The summed E-state index contributed by atoms with van der Waals surface area (Å²) < 4.78 is 43.0. The molecule has 1 saturated heterocycles. The molecule has 2 aliphatic rings. The molecule has 2 N–H and O–H groups in total. The van der Waals surface area contributed by atoms with E-state index in [1.54, 1.807) is 24.3 Å². The van der Waals surface area contributed by atoms with Crippen LogP contribution in [0, 0.1) is 0 Å². The number of anilines is 1. The average Bonchev–Trinajstić information content (AvgIpc) is 3.22. The van der Waals surface area contributed by atoms with Gasteiger partial charge in [-0.3, -0.25) is 0 Å². The average molecular weight is 516 g/mol. The quantitative estimate of drug-likeness (QED) is 0.428. The zero-order chi connectivity index (χ0) is 25.5. The monoisotopic (exact) mass is 515 g/mol. The molecule has 36 heavy (non-hydrogen) atoms. The van der Waals surface area contributed by atoms with Gasteiger partial charge in [0.2, 0.25) is 16.0 Å². The van der Waals surface area contributed by atoms with Gasteiger partial charge in [-0.15, -0.1) is 0 Å². The van der Waals surface area contributed by atoms with Crippen molar-refractivity contribution in [2.45, 2.75) is 75.1 Å². The van der Waals surface area contributed by atoms with Crippen LogP contribution in [0.3, 0.4) is 0 Å². The fourth-order valence-electron chi connectivity index (χ4n) is 5.15. The third-order valence-electron chi connectivity index (χ3n) is 7.26. The van der Waals surface area contributed by atoms with E-state index < -0.39 is 15.7 Å². The van der Waals surface area contributed by atoms with Gasteiger partial charge in [0.15, 0.2) is 0 Å². The summed E-state index contributed by atoms with van der Waals surface area (Å²) in [5.41, 5.74) is 1.16. The van der Waals surface area contributed by atoms with Crippen molar-refractivity contribution in [3.05, 3.63) is 36.7 Å². The Bertz CT molecular complexity index is 1320. The number of aromatic nitrogens is 3. The molecule has 10 heteroatoms. The Morgan fingerprint density at radius 3 is 2.50 bits per heavy atom. The van der Waals surface area contributed by atoms with E-state index in [9.17, 15) is 17.9 Å². The van der Waals surface area contributed by atoms with Crippen LogP contribution in [-0.4, -0.2) is 63.8 Å². The number of aliphatic hydroxyl groups is 1. The van der Waals surface area contributed by atoms with Gasteiger partial charge in [-0.05, 0) is 56.7 Å². The molecule has 0 bridgehead atoms. The van der Waals surface area contributed by atoms with Gasteiger partial charge in [-0.2, -0.15) is 9.29 Å². The van der Waals surface area contributed by atoms with E-state index in [2.05, 4.69) is 28.0 Å². The molecule has 0 spiro atoms. The van der Waals surface area contributed by atoms with E-state index >= 15 is 0 Å². The molecule has 2 aromatic heterocycles. The van der Waals surface area contributed by atoms with E-state index in [1.165, 1.54) is 11.2 Å². The molecule has 8 nitrogen and oxygen atoms in total. The summed E-state index contributed by atoms with van der Waals surface area (Å²) in [5, 5.41) is 14.2. The predicted molar refractivity (Wildman–Crippen MR) is 138 cm³/mol. The van der Waals surface area contributed by atoms with Crippen molar-refractivity contribution in [3.63, 3.8) is 0 Å². The van der Waals surface area contributed by atoms with Gasteiger partial charge in [0.1, 0.15) is 11.3 Å². The van der Waals surface area contributed by atoms with Crippen molar-refractivity contribution in [2.75, 3.05) is 25.0 Å². The fraction of sp³-hybridized carbons (Fsp3) is 0.538. The molecule has 194 valence electrons. The van der Waals surface area contributed by atoms with E-state index in [0.717, 1.165) is 67.2 Å². The van der Waals surface area contributed by atoms with Crippen LogP contribution in [0.5, 0.6) is 0 Å². The maximum atomic E-state index is 13.9. The maximum Gasteiger partial charge on any atom is 0.243 e. The van der Waals surface area contributed by atoms with E-state index in [0.29, 0.717) is 5.95 Å². The summed E-state index contributed by atoms with van der Waals surface area (Å²) in [6.45, 7) is 4.12. The number of nitrogens with zero attached hydrogens (tertiary/aromatic N) is 4. The van der Waals surface area contributed by atoms with Gasteiger partial charge in [-0.1, -0.05) is 25.5 Å². The number of benzene rings is 1. The molecule has 2 fully saturated rings. The van der Waals surface area contributed by atoms with Crippen LogP contribution in [0.1, 0.15) is 58.4 Å². The van der Waals surface area contributed by atoms with Crippen molar-refractivity contribution in [1.82, 2.24) is 18.8 Å². The fourth-order valence-corrected chi connectivity index (χ4v) is 6.81. The summed E-state index contributed by atoms with van der Waals surface area (Å²) >= 11 is 0. The molecule has 1 aromatic carbocycles. The number of hydrogen-bond acceptors (Lipinski definition) is 6. The van der Waals surface area contributed by atoms with Crippen LogP contribution in [0.2, 0.25) is 0 Å². The highest BCUT2D eigenvalue weighted by Crippen LogP contribution is 2.37. The van der Waals surface area contributed by atoms with Crippen LogP contribution in [0.25, 0.3) is 22.2 Å². The molecular formula is C26H34FN5O3S. The molecule has 0 unspecified atom stereocenters. The molecule has 3 aromatic rings. The number of sulfonamides is 1. The topological polar surface area (TPSA) is 100 Å². The highest BCUT2D eigenvalue weighted by Gasteiger charge is 2.45. The van der Waals surface area contributed by atoms with Crippen LogP contribution >= 0.6 is 0 Å². The Balaban J connectivity index is 1.48. The number of alkyl halides is 1. The third kappa shape index (κ3) is 4.86. The van der Waals surface area contributed by atoms with Gasteiger partial charge in [0.05, 0.1) is 11.0 Å². The summed E-state index contributed by atoms with van der Waals surface area (Å²) in [7, 11) is -3.72. The Kier molecular flexibility index (Phi) is 6.78. The van der Waals surface area contributed by atoms with E-state index in [1.807, 2.05) is 6.20 Å². The normalized spacial score (nSPS) is 22.4. The Morgan fingerprint density at radius 2 is 1.86 bits per heavy atom. The first-order valence-electron chi connectivity index (χ1n) is 12.8. The lowest BCUT2D eigenvalue weighted by molar-refractivity contribution is 0.0397. The largest absolute Gasteiger partial charge is 0.393 e. The second kappa shape index (κ2) is 9.72. The van der Waals surface area contributed by atoms with Crippen LogP contribution < -0.4 is 5.32 Å². The Labute approximate surface area is 211 Å². The van der Waals surface area contributed by atoms with Gasteiger partial charge < -0.3 is 15.0 Å². The molecule has 1 aliphatic carbocycles. The first-order chi connectivity index (χ1) is 17.2. The molecule has 0 radical (unpaired) electrons. The lowest BCUT2D eigenvalue weighted by Crippen LogP contribution is -2.58. The first kappa shape index (κ1) is 25.1. The second-order valence-corrected chi connectivity index (χ2v) is 12.3. The zero-order valence-corrected chi connectivity index (χ0v) is 21.6. The number of nitrogens with one attached hydrogen (secondary N) is 1. The number of halogens is 1. The second-order valence-electron chi connectivity index (χ2n) is 10.3. The number of hydrogen-bond donors (Lipinski definition) is 2. The highest BCUT2D eigenvalue weighted by atomic mass is 32.2. The SMILES string of the molecule is CCCCNc1ncc2c(-c3ccc(S(=O)(=O)N4CC(C)(F)C4)cc3)cn(C3CCC(O)CC3)c2n1. The number of aliphatic hydroxyl groups excluding tert-OH is 1. The molecule has 0 amide bonds. The van der Waals surface area contributed by atoms with Crippen LogP contribution in [0.4, 0.5) is 10.3 Å². The third-order valence-corrected chi connectivity index (χ3v) is 9.07. The maximum absolute atomic E-state index is 13.9. The van der Waals surface area contributed by atoms with Gasteiger partial charge in [-0.25, -0.2) is 17.8 Å². The zero-order valence-electron chi connectivity index (χ0n) is 20.8. The lowest BCUT2D eigenvalue weighted by atomic mass is 9.93. The Hall–Kier alpha value is -2.56. The number of unbranched alkanes of at least 4 members (excludes halogenated alkanes) is 1. The van der Waals surface area contributed by atoms with Crippen LogP contribution in [0.15, 0.2) is 41.6 Å². The van der Waals surface area contributed by atoms with E-state index in [4.69, 9.17) is 4.98 Å². The van der Waals surface area contributed by atoms with Gasteiger partial charge in [0, 0.05) is 49.0 Å². The Morgan fingerprint density at radius 1 is 1.17 bits per heavy atom. The molecule has 3 heterocycles. The van der Waals surface area contributed by atoms with Crippen molar-refractivity contribution in [2.24, 2.45) is 0 Å². The van der Waals surface area contributed by atoms with Crippen molar-refractivity contribution in [1.29, 1.82) is 0 Å². The molecule has 1 aliphatic heterocycles. The number of rotatable bonds is 8. The molecule has 0 atom stereocenters. The lowest BCUT2D eigenvalue weighted by Gasteiger charge is -2.40.